The van der Waals surface area contributed by atoms with Gasteiger partial charge in [-0.1, -0.05) is 24.3 Å². The summed E-state index contributed by atoms with van der Waals surface area (Å²) in [4.78, 5) is 0. The van der Waals surface area contributed by atoms with Gasteiger partial charge < -0.3 is 4.74 Å². The van der Waals surface area contributed by atoms with E-state index in [9.17, 15) is 0 Å². The number of hydrogen-bond acceptors (Lipinski definition) is 1. The summed E-state index contributed by atoms with van der Waals surface area (Å²) in [6, 6.07) is 15.5. The minimum Gasteiger partial charge on any atom is -0.456 e. The molecule has 2 aromatic carbocycles. The molecule has 0 saturated carbocycles. The molecule has 82 valence electrons. The zero-order valence-corrected chi connectivity index (χ0v) is 10.8. The minimum atomic E-state index is 0.504. The molecule has 0 aromatic heterocycles. The van der Waals surface area contributed by atoms with E-state index >= 15 is 0 Å². The lowest BCUT2D eigenvalue weighted by Crippen LogP contribution is -1.86. The van der Waals surface area contributed by atoms with Crippen molar-refractivity contribution in [2.24, 2.45) is 0 Å². The van der Waals surface area contributed by atoms with Crippen LogP contribution in [0.4, 0.5) is 0 Å². The molecular weight excluding hydrogens is 287 g/mol. The number of halogens is 2. The van der Waals surface area contributed by atoms with Crippen LogP contribution in [-0.2, 0) is 5.88 Å². The quantitative estimate of drug-likeness (QED) is 0.726. The van der Waals surface area contributed by atoms with Gasteiger partial charge in [0.15, 0.2) is 0 Å². The van der Waals surface area contributed by atoms with Gasteiger partial charge in [0.2, 0.25) is 0 Å². The summed E-state index contributed by atoms with van der Waals surface area (Å²) in [6.45, 7) is 0. The fraction of sp³-hybridized carbons (Fsp3) is 0.0769. The zero-order chi connectivity index (χ0) is 11.4. The Hall–Kier alpha value is -0.990. The van der Waals surface area contributed by atoms with Crippen LogP contribution < -0.4 is 4.74 Å². The van der Waals surface area contributed by atoms with Crippen molar-refractivity contribution in [3.05, 3.63) is 58.6 Å². The van der Waals surface area contributed by atoms with Crippen molar-refractivity contribution in [2.75, 3.05) is 0 Å². The predicted molar refractivity (Wildman–Crippen MR) is 70.2 cm³/mol. The monoisotopic (exact) mass is 296 g/mol. The average Bonchev–Trinajstić information content (AvgIpc) is 2.33. The van der Waals surface area contributed by atoms with Crippen molar-refractivity contribution in [2.45, 2.75) is 5.88 Å². The molecule has 0 aliphatic rings. The summed E-state index contributed by atoms with van der Waals surface area (Å²) in [5.74, 6) is 2.12. The van der Waals surface area contributed by atoms with Crippen LogP contribution in [0.3, 0.4) is 0 Å². The Labute approximate surface area is 108 Å². The molecule has 0 heterocycles. The molecule has 0 saturated heterocycles. The molecule has 0 bridgehead atoms. The number of alkyl halides is 1. The Kier molecular flexibility index (Phi) is 3.86. The normalized spacial score (nSPS) is 10.1. The van der Waals surface area contributed by atoms with Crippen LogP contribution in [0.25, 0.3) is 0 Å². The summed E-state index contributed by atoms with van der Waals surface area (Å²) in [5, 5.41) is 0. The van der Waals surface area contributed by atoms with Crippen molar-refractivity contribution in [1.82, 2.24) is 0 Å². The van der Waals surface area contributed by atoms with Crippen molar-refractivity contribution in [3.8, 4) is 11.5 Å². The molecule has 0 fully saturated rings. The van der Waals surface area contributed by atoms with Gasteiger partial charge in [-0.3, -0.25) is 0 Å². The van der Waals surface area contributed by atoms with E-state index in [1.165, 1.54) is 0 Å². The maximum absolute atomic E-state index is 5.75. The average molecular weight is 298 g/mol. The number of ether oxygens (including phenoxy) is 1. The SMILES string of the molecule is ClCc1ccc(Oc2ccccc2)c(Br)c1. The summed E-state index contributed by atoms with van der Waals surface area (Å²) in [5.41, 5.74) is 1.06. The summed E-state index contributed by atoms with van der Waals surface area (Å²) in [7, 11) is 0. The number of para-hydroxylation sites is 1. The number of rotatable bonds is 3. The Morgan fingerprint density at radius 2 is 1.81 bits per heavy atom. The van der Waals surface area contributed by atoms with Gasteiger partial charge in [0.1, 0.15) is 11.5 Å². The van der Waals surface area contributed by atoms with E-state index in [1.54, 1.807) is 0 Å². The Morgan fingerprint density at radius 3 is 2.44 bits per heavy atom. The van der Waals surface area contributed by atoms with Crippen LogP contribution in [0.1, 0.15) is 5.56 Å². The highest BCUT2D eigenvalue weighted by molar-refractivity contribution is 9.10. The van der Waals surface area contributed by atoms with Gasteiger partial charge in [0.05, 0.1) is 4.47 Å². The van der Waals surface area contributed by atoms with E-state index in [1.807, 2.05) is 48.5 Å². The maximum Gasteiger partial charge on any atom is 0.141 e. The van der Waals surface area contributed by atoms with Crippen LogP contribution in [0.2, 0.25) is 0 Å². The Bertz CT molecular complexity index is 471. The predicted octanol–water partition coefficient (Wildman–Crippen LogP) is 4.98. The van der Waals surface area contributed by atoms with Gasteiger partial charge in [0.25, 0.3) is 0 Å². The van der Waals surface area contributed by atoms with Gasteiger partial charge in [-0.15, -0.1) is 11.6 Å². The molecule has 16 heavy (non-hydrogen) atoms. The first-order valence-electron chi connectivity index (χ1n) is 4.87. The van der Waals surface area contributed by atoms with Crippen LogP contribution >= 0.6 is 27.5 Å². The molecule has 3 heteroatoms. The molecule has 0 radical (unpaired) electrons. The summed E-state index contributed by atoms with van der Waals surface area (Å²) in [6.07, 6.45) is 0. The summed E-state index contributed by atoms with van der Waals surface area (Å²) < 4.78 is 6.63. The summed E-state index contributed by atoms with van der Waals surface area (Å²) >= 11 is 9.21. The third kappa shape index (κ3) is 2.77. The third-order valence-electron chi connectivity index (χ3n) is 2.12. The number of hydrogen-bond donors (Lipinski definition) is 0. The molecule has 1 nitrogen and oxygen atoms in total. The van der Waals surface area contributed by atoms with E-state index < -0.39 is 0 Å². The second kappa shape index (κ2) is 5.37. The molecule has 0 aliphatic carbocycles. The van der Waals surface area contributed by atoms with Gasteiger partial charge in [-0.05, 0) is 45.8 Å². The highest BCUT2D eigenvalue weighted by atomic mass is 79.9. The first kappa shape index (κ1) is 11.5. The van der Waals surface area contributed by atoms with Crippen molar-refractivity contribution in [3.63, 3.8) is 0 Å². The van der Waals surface area contributed by atoms with Gasteiger partial charge >= 0.3 is 0 Å². The second-order valence-electron chi connectivity index (χ2n) is 3.31. The molecule has 0 unspecified atom stereocenters. The van der Waals surface area contributed by atoms with E-state index in [0.29, 0.717) is 5.88 Å². The smallest absolute Gasteiger partial charge is 0.141 e. The topological polar surface area (TPSA) is 9.23 Å². The lowest BCUT2D eigenvalue weighted by molar-refractivity contribution is 0.479. The molecule has 2 rings (SSSR count). The second-order valence-corrected chi connectivity index (χ2v) is 4.44. The largest absolute Gasteiger partial charge is 0.456 e. The molecule has 0 atom stereocenters. The van der Waals surface area contributed by atoms with Crippen molar-refractivity contribution >= 4 is 27.5 Å². The molecular formula is C13H10BrClO. The Balaban J connectivity index is 2.22. The molecule has 0 spiro atoms. The van der Waals surface area contributed by atoms with Crippen molar-refractivity contribution in [1.29, 1.82) is 0 Å². The van der Waals surface area contributed by atoms with E-state index in [2.05, 4.69) is 15.9 Å². The standard InChI is InChI=1S/C13H10BrClO/c14-12-8-10(9-15)6-7-13(12)16-11-4-2-1-3-5-11/h1-8H,9H2. The van der Waals surface area contributed by atoms with Crippen LogP contribution in [0.5, 0.6) is 11.5 Å². The first-order chi connectivity index (χ1) is 7.79. The van der Waals surface area contributed by atoms with E-state index in [-0.39, 0.29) is 0 Å². The fourth-order valence-electron chi connectivity index (χ4n) is 1.33. The van der Waals surface area contributed by atoms with Crippen LogP contribution in [0, 0.1) is 0 Å². The highest BCUT2D eigenvalue weighted by Crippen LogP contribution is 2.30. The lowest BCUT2D eigenvalue weighted by atomic mass is 10.2. The fourth-order valence-corrected chi connectivity index (χ4v) is 2.00. The molecule has 0 amide bonds. The van der Waals surface area contributed by atoms with Crippen LogP contribution in [-0.4, -0.2) is 0 Å². The minimum absolute atomic E-state index is 0.504. The third-order valence-corrected chi connectivity index (χ3v) is 3.05. The van der Waals surface area contributed by atoms with Crippen molar-refractivity contribution < 1.29 is 4.74 Å². The Morgan fingerprint density at radius 1 is 1.06 bits per heavy atom. The van der Waals surface area contributed by atoms with Gasteiger partial charge in [0, 0.05) is 5.88 Å². The van der Waals surface area contributed by atoms with Gasteiger partial charge in [-0.25, -0.2) is 0 Å². The van der Waals surface area contributed by atoms with E-state index in [4.69, 9.17) is 16.3 Å². The van der Waals surface area contributed by atoms with E-state index in [0.717, 1.165) is 21.5 Å². The first-order valence-corrected chi connectivity index (χ1v) is 6.19. The maximum atomic E-state index is 5.75. The number of benzene rings is 2. The molecule has 0 N–H and O–H groups in total. The lowest BCUT2D eigenvalue weighted by Gasteiger charge is -2.08. The van der Waals surface area contributed by atoms with Gasteiger partial charge in [-0.2, -0.15) is 0 Å². The molecule has 0 aliphatic heterocycles. The highest BCUT2D eigenvalue weighted by Gasteiger charge is 2.03. The van der Waals surface area contributed by atoms with Crippen LogP contribution in [0.15, 0.2) is 53.0 Å². The zero-order valence-electron chi connectivity index (χ0n) is 8.49. The molecule has 2 aromatic rings.